The van der Waals surface area contributed by atoms with Crippen LogP contribution in [0.2, 0.25) is 5.02 Å². The lowest BCUT2D eigenvalue weighted by Crippen LogP contribution is -1.99. The van der Waals surface area contributed by atoms with Crippen molar-refractivity contribution < 1.29 is 13.9 Å². The number of nitrogens with zero attached hydrogens (tertiary/aromatic N) is 2. The molecule has 0 spiro atoms. The number of hydrogen-bond donors (Lipinski definition) is 1. The first-order chi connectivity index (χ1) is 15.1. The van der Waals surface area contributed by atoms with E-state index >= 15 is 0 Å². The van der Waals surface area contributed by atoms with Gasteiger partial charge in [0.15, 0.2) is 11.5 Å². The zero-order valence-electron chi connectivity index (χ0n) is 16.5. The lowest BCUT2D eigenvalue weighted by Gasteiger charge is -2.12. The molecule has 4 aromatic rings. The average Bonchev–Trinajstić information content (AvgIpc) is 3.21. The number of fused-ring (bicyclic) bond motifs is 1. The number of aromatic amines is 1. The number of imidazole rings is 1. The number of ether oxygens (including phenoxy) is 2. The van der Waals surface area contributed by atoms with Crippen LogP contribution in [0.3, 0.4) is 0 Å². The van der Waals surface area contributed by atoms with Crippen molar-refractivity contribution in [1.29, 1.82) is 5.26 Å². The van der Waals surface area contributed by atoms with Crippen LogP contribution in [0.1, 0.15) is 17.0 Å². The molecule has 0 saturated heterocycles. The van der Waals surface area contributed by atoms with E-state index in [2.05, 4.69) is 16.0 Å². The second kappa shape index (κ2) is 8.90. The summed E-state index contributed by atoms with van der Waals surface area (Å²) in [4.78, 5) is 7.63. The number of H-pyrrole nitrogens is 1. The average molecular weight is 434 g/mol. The fourth-order valence-electron chi connectivity index (χ4n) is 3.09. The quantitative estimate of drug-likeness (QED) is 0.378. The minimum absolute atomic E-state index is 0.160. The summed E-state index contributed by atoms with van der Waals surface area (Å²) in [5.41, 5.74) is 3.45. The first-order valence-corrected chi connectivity index (χ1v) is 9.77. The summed E-state index contributed by atoms with van der Waals surface area (Å²) in [6, 6.07) is 19.2. The van der Waals surface area contributed by atoms with Crippen LogP contribution in [-0.2, 0) is 6.61 Å². The maximum absolute atomic E-state index is 13.2. The summed E-state index contributed by atoms with van der Waals surface area (Å²) in [5.74, 6) is 1.09. The fraction of sp³-hybridized carbons (Fsp3) is 0.0833. The van der Waals surface area contributed by atoms with E-state index in [4.69, 9.17) is 21.1 Å². The predicted molar refractivity (Wildman–Crippen MR) is 118 cm³/mol. The Hall–Kier alpha value is -3.82. The van der Waals surface area contributed by atoms with Crippen LogP contribution < -0.4 is 9.47 Å². The van der Waals surface area contributed by atoms with Gasteiger partial charge in [-0.3, -0.25) is 0 Å². The molecule has 7 heteroatoms. The Kier molecular flexibility index (Phi) is 5.87. The molecule has 0 amide bonds. The van der Waals surface area contributed by atoms with E-state index in [1.54, 1.807) is 24.3 Å². The van der Waals surface area contributed by atoms with Gasteiger partial charge < -0.3 is 14.5 Å². The van der Waals surface area contributed by atoms with Gasteiger partial charge in [0.1, 0.15) is 24.3 Å². The SMILES string of the molecule is COc1cc(/C=C(\C#N)c2nc3ccccc3[nH]2)ccc1OCc1ccc(F)cc1Cl. The smallest absolute Gasteiger partial charge is 0.161 e. The molecule has 0 aliphatic heterocycles. The van der Waals surface area contributed by atoms with Gasteiger partial charge in [0, 0.05) is 5.56 Å². The minimum Gasteiger partial charge on any atom is -0.493 e. The highest BCUT2D eigenvalue weighted by molar-refractivity contribution is 6.31. The van der Waals surface area contributed by atoms with Gasteiger partial charge in [-0.05, 0) is 48.0 Å². The summed E-state index contributed by atoms with van der Waals surface area (Å²) < 4.78 is 24.5. The van der Waals surface area contributed by atoms with Crippen molar-refractivity contribution in [1.82, 2.24) is 9.97 Å². The highest BCUT2D eigenvalue weighted by Gasteiger charge is 2.11. The van der Waals surface area contributed by atoms with Gasteiger partial charge in [0.05, 0.1) is 28.7 Å². The standard InChI is InChI=1S/C24H17ClFN3O2/c1-30-23-11-15(6-9-22(23)31-14-16-7-8-18(26)12-19(16)25)10-17(13-27)24-28-20-4-2-3-5-21(20)29-24/h2-12H,14H2,1H3,(H,28,29)/b17-10+. The Morgan fingerprint density at radius 2 is 2.00 bits per heavy atom. The maximum atomic E-state index is 13.2. The largest absolute Gasteiger partial charge is 0.493 e. The zero-order valence-corrected chi connectivity index (χ0v) is 17.3. The maximum Gasteiger partial charge on any atom is 0.161 e. The summed E-state index contributed by atoms with van der Waals surface area (Å²) in [6.45, 7) is 0.160. The number of methoxy groups -OCH3 is 1. The Morgan fingerprint density at radius 1 is 1.16 bits per heavy atom. The normalized spacial score (nSPS) is 11.4. The molecule has 4 rings (SSSR count). The van der Waals surface area contributed by atoms with Crippen molar-refractivity contribution in [2.45, 2.75) is 6.61 Å². The first-order valence-electron chi connectivity index (χ1n) is 9.39. The Balaban J connectivity index is 1.58. The van der Waals surface area contributed by atoms with Gasteiger partial charge in [-0.25, -0.2) is 9.37 Å². The van der Waals surface area contributed by atoms with Crippen molar-refractivity contribution in [2.24, 2.45) is 0 Å². The molecule has 0 fully saturated rings. The zero-order chi connectivity index (χ0) is 21.8. The molecule has 0 saturated carbocycles. The molecular formula is C24H17ClFN3O2. The number of rotatable bonds is 6. The van der Waals surface area contributed by atoms with E-state index in [1.807, 2.05) is 30.3 Å². The van der Waals surface area contributed by atoms with Crippen LogP contribution in [0.5, 0.6) is 11.5 Å². The molecule has 0 atom stereocenters. The van der Waals surface area contributed by atoms with Crippen LogP contribution in [0.4, 0.5) is 4.39 Å². The summed E-state index contributed by atoms with van der Waals surface area (Å²) in [7, 11) is 1.53. The molecule has 3 aromatic carbocycles. The number of allylic oxidation sites excluding steroid dienone is 1. The van der Waals surface area contributed by atoms with Gasteiger partial charge >= 0.3 is 0 Å². The van der Waals surface area contributed by atoms with Gasteiger partial charge in [0.25, 0.3) is 0 Å². The van der Waals surface area contributed by atoms with Crippen molar-refractivity contribution in [2.75, 3.05) is 7.11 Å². The second-order valence-electron chi connectivity index (χ2n) is 6.71. The van der Waals surface area contributed by atoms with E-state index in [0.717, 1.165) is 16.6 Å². The lowest BCUT2D eigenvalue weighted by molar-refractivity contribution is 0.284. The molecule has 1 heterocycles. The van der Waals surface area contributed by atoms with E-state index in [9.17, 15) is 9.65 Å². The van der Waals surface area contributed by atoms with E-state index in [0.29, 0.717) is 33.5 Å². The predicted octanol–water partition coefficient (Wildman–Crippen LogP) is 6.01. The van der Waals surface area contributed by atoms with Crippen LogP contribution in [-0.4, -0.2) is 17.1 Å². The first kappa shape index (κ1) is 20.5. The highest BCUT2D eigenvalue weighted by atomic mass is 35.5. The summed E-state index contributed by atoms with van der Waals surface area (Å²) >= 11 is 6.06. The molecule has 31 heavy (non-hydrogen) atoms. The number of nitrogens with one attached hydrogen (secondary N) is 1. The molecule has 0 radical (unpaired) electrons. The molecule has 0 aliphatic rings. The third-order valence-corrected chi connectivity index (χ3v) is 5.01. The monoisotopic (exact) mass is 433 g/mol. The molecule has 0 unspecified atom stereocenters. The van der Waals surface area contributed by atoms with Gasteiger partial charge in [-0.1, -0.05) is 35.9 Å². The number of nitriles is 1. The Bertz CT molecular complexity index is 1290. The molecule has 1 aromatic heterocycles. The topological polar surface area (TPSA) is 70.9 Å². The third-order valence-electron chi connectivity index (χ3n) is 4.66. The number of para-hydroxylation sites is 2. The van der Waals surface area contributed by atoms with E-state index in [1.165, 1.54) is 19.2 Å². The number of halogens is 2. The Labute approximate surface area is 183 Å². The van der Waals surface area contributed by atoms with Gasteiger partial charge in [0.2, 0.25) is 0 Å². The lowest BCUT2D eigenvalue weighted by atomic mass is 10.1. The molecule has 5 nitrogen and oxygen atoms in total. The van der Waals surface area contributed by atoms with E-state index in [-0.39, 0.29) is 6.61 Å². The highest BCUT2D eigenvalue weighted by Crippen LogP contribution is 2.31. The van der Waals surface area contributed by atoms with Crippen LogP contribution in [0.15, 0.2) is 60.7 Å². The summed E-state index contributed by atoms with van der Waals surface area (Å²) in [5, 5.41) is 9.92. The van der Waals surface area contributed by atoms with Crippen LogP contribution in [0.25, 0.3) is 22.7 Å². The summed E-state index contributed by atoms with van der Waals surface area (Å²) in [6.07, 6.45) is 1.72. The van der Waals surface area contributed by atoms with Crippen molar-refractivity contribution in [3.63, 3.8) is 0 Å². The number of aromatic nitrogens is 2. The van der Waals surface area contributed by atoms with Crippen molar-refractivity contribution in [3.8, 4) is 17.6 Å². The van der Waals surface area contributed by atoms with Crippen LogP contribution >= 0.6 is 11.6 Å². The molecule has 0 bridgehead atoms. The second-order valence-corrected chi connectivity index (χ2v) is 7.11. The molecule has 1 N–H and O–H groups in total. The van der Waals surface area contributed by atoms with Crippen molar-refractivity contribution >= 4 is 34.3 Å². The minimum atomic E-state index is -0.403. The molecule has 0 aliphatic carbocycles. The van der Waals surface area contributed by atoms with Crippen LogP contribution in [0, 0.1) is 17.1 Å². The van der Waals surface area contributed by atoms with Gasteiger partial charge in [-0.2, -0.15) is 5.26 Å². The fourth-order valence-corrected chi connectivity index (χ4v) is 3.31. The molecule has 154 valence electrons. The number of hydrogen-bond acceptors (Lipinski definition) is 4. The third kappa shape index (κ3) is 4.52. The Morgan fingerprint density at radius 3 is 2.74 bits per heavy atom. The van der Waals surface area contributed by atoms with Gasteiger partial charge in [-0.15, -0.1) is 0 Å². The van der Waals surface area contributed by atoms with E-state index < -0.39 is 5.82 Å². The van der Waals surface area contributed by atoms with Crippen molar-refractivity contribution in [3.05, 3.63) is 88.5 Å². The number of benzene rings is 3. The molecular weight excluding hydrogens is 417 g/mol.